The molecule has 1 aliphatic heterocycles. The van der Waals surface area contributed by atoms with Gasteiger partial charge in [-0.1, -0.05) is 41.4 Å². The number of carbonyl (C=O) groups is 1. The van der Waals surface area contributed by atoms with E-state index in [-0.39, 0.29) is 17.5 Å². The second kappa shape index (κ2) is 13.1. The van der Waals surface area contributed by atoms with Crippen LogP contribution in [0.1, 0.15) is 21.5 Å². The van der Waals surface area contributed by atoms with Crippen molar-refractivity contribution in [1.82, 2.24) is 14.8 Å². The number of ether oxygens (including phenoxy) is 1. The smallest absolute Gasteiger partial charge is 0.257 e. The van der Waals surface area contributed by atoms with Crippen LogP contribution in [0.15, 0.2) is 82.6 Å². The van der Waals surface area contributed by atoms with Crippen LogP contribution in [0.5, 0.6) is 0 Å². The lowest BCUT2D eigenvalue weighted by atomic mass is 10.1. The highest BCUT2D eigenvalue weighted by Gasteiger charge is 2.18. The minimum absolute atomic E-state index is 0.0438. The summed E-state index contributed by atoms with van der Waals surface area (Å²) in [6, 6.07) is 19.9. The van der Waals surface area contributed by atoms with E-state index in [2.05, 4.69) is 10.2 Å². The van der Waals surface area contributed by atoms with Gasteiger partial charge in [-0.25, -0.2) is 0 Å². The third-order valence-electron chi connectivity index (χ3n) is 6.86. The van der Waals surface area contributed by atoms with Crippen LogP contribution >= 0.6 is 23.2 Å². The van der Waals surface area contributed by atoms with E-state index >= 15 is 0 Å². The number of benzene rings is 3. The molecule has 1 atom stereocenters. The van der Waals surface area contributed by atoms with Crippen LogP contribution in [0.3, 0.4) is 0 Å². The number of morpholine rings is 1. The van der Waals surface area contributed by atoms with Crippen LogP contribution in [0, 0.1) is 0 Å². The second-order valence-electron chi connectivity index (χ2n) is 9.62. The molecule has 3 aromatic carbocycles. The molecule has 5 rings (SSSR count). The zero-order chi connectivity index (χ0) is 28.1. The Morgan fingerprint density at radius 1 is 0.925 bits per heavy atom. The first kappa shape index (κ1) is 28.5. The van der Waals surface area contributed by atoms with E-state index in [0.717, 1.165) is 24.2 Å². The standard InChI is InChI=1S/C30H29Cl2N3O4S/c31-23-4-1-21(2-5-23)18-33-30(37)27-20-35(13-16-40(38)25-8-6-24(32)7-9-25)28-10-3-22(17-26(28)29(27)36)19-34-11-14-39-15-12-34/h1-10,17,20H,11-16,18-19H2,(H,33,37). The highest BCUT2D eigenvalue weighted by atomic mass is 35.5. The van der Waals surface area contributed by atoms with Gasteiger partial charge in [-0.3, -0.25) is 18.7 Å². The maximum Gasteiger partial charge on any atom is 0.257 e. The SMILES string of the molecule is O=C(NCc1ccc(Cl)cc1)c1cn(CCS(=O)c2ccc(Cl)cc2)c2ccc(CN3CCOCC3)cc2c1=O. The summed E-state index contributed by atoms with van der Waals surface area (Å²) in [4.78, 5) is 29.8. The Hall–Kier alpha value is -3.01. The first-order valence-corrected chi connectivity index (χ1v) is 15.1. The van der Waals surface area contributed by atoms with Gasteiger partial charge in [0.15, 0.2) is 0 Å². The Morgan fingerprint density at radius 2 is 1.57 bits per heavy atom. The molecule has 10 heteroatoms. The largest absolute Gasteiger partial charge is 0.379 e. The second-order valence-corrected chi connectivity index (χ2v) is 12.1. The number of rotatable bonds is 9. The summed E-state index contributed by atoms with van der Waals surface area (Å²) in [6.07, 6.45) is 1.57. The van der Waals surface area contributed by atoms with Gasteiger partial charge in [0.05, 0.1) is 29.5 Å². The van der Waals surface area contributed by atoms with Crippen molar-refractivity contribution in [2.75, 3.05) is 32.1 Å². The number of fused-ring (bicyclic) bond motifs is 1. The number of halogens is 2. The third-order valence-corrected chi connectivity index (χ3v) is 8.71. The van der Waals surface area contributed by atoms with E-state index in [1.807, 2.05) is 34.9 Å². The van der Waals surface area contributed by atoms with E-state index in [1.54, 1.807) is 42.6 Å². The van der Waals surface area contributed by atoms with E-state index in [9.17, 15) is 13.8 Å². The Morgan fingerprint density at radius 3 is 2.27 bits per heavy atom. The normalized spacial score (nSPS) is 14.8. The molecule has 1 amide bonds. The molecule has 7 nitrogen and oxygen atoms in total. The molecule has 1 N–H and O–H groups in total. The number of hydrogen-bond donors (Lipinski definition) is 1. The molecule has 0 spiro atoms. The average molecular weight is 599 g/mol. The van der Waals surface area contributed by atoms with E-state index in [4.69, 9.17) is 27.9 Å². The molecule has 2 heterocycles. The van der Waals surface area contributed by atoms with Crippen LogP contribution in [0.2, 0.25) is 10.0 Å². The lowest BCUT2D eigenvalue weighted by Crippen LogP contribution is -2.35. The zero-order valence-electron chi connectivity index (χ0n) is 21.8. The van der Waals surface area contributed by atoms with Gasteiger partial charge >= 0.3 is 0 Å². The monoisotopic (exact) mass is 597 g/mol. The Labute approximate surface area is 245 Å². The number of carbonyl (C=O) groups excluding carboxylic acids is 1. The third kappa shape index (κ3) is 7.00. The van der Waals surface area contributed by atoms with Crippen molar-refractivity contribution >= 4 is 50.8 Å². The van der Waals surface area contributed by atoms with Crippen molar-refractivity contribution in [3.8, 4) is 0 Å². The summed E-state index contributed by atoms with van der Waals surface area (Å²) >= 11 is 11.9. The molecule has 0 bridgehead atoms. The van der Waals surface area contributed by atoms with Crippen molar-refractivity contribution in [2.45, 2.75) is 24.5 Å². The van der Waals surface area contributed by atoms with Crippen molar-refractivity contribution in [3.05, 3.63) is 110 Å². The lowest BCUT2D eigenvalue weighted by molar-refractivity contribution is 0.0342. The Balaban J connectivity index is 1.44. The van der Waals surface area contributed by atoms with Crippen molar-refractivity contribution in [2.24, 2.45) is 0 Å². The first-order valence-electron chi connectivity index (χ1n) is 13.0. The fourth-order valence-electron chi connectivity index (χ4n) is 4.67. The molecule has 1 unspecified atom stereocenters. The summed E-state index contributed by atoms with van der Waals surface area (Å²) < 4.78 is 20.3. The number of hydrogen-bond acceptors (Lipinski definition) is 5. The highest BCUT2D eigenvalue weighted by Crippen LogP contribution is 2.19. The van der Waals surface area contributed by atoms with Gasteiger partial charge < -0.3 is 14.6 Å². The highest BCUT2D eigenvalue weighted by molar-refractivity contribution is 7.85. The van der Waals surface area contributed by atoms with E-state index in [1.165, 1.54) is 0 Å². The van der Waals surface area contributed by atoms with Crippen molar-refractivity contribution in [3.63, 3.8) is 0 Å². The summed E-state index contributed by atoms with van der Waals surface area (Å²) in [5.74, 6) is -0.158. The molecule has 0 aliphatic carbocycles. The number of aryl methyl sites for hydroxylation is 1. The summed E-state index contributed by atoms with van der Waals surface area (Å²) in [5, 5.41) is 4.50. The van der Waals surface area contributed by atoms with Crippen LogP contribution in [-0.2, 0) is 35.2 Å². The Bertz CT molecular complexity index is 1580. The summed E-state index contributed by atoms with van der Waals surface area (Å²) in [7, 11) is -1.28. The molecule has 1 aromatic heterocycles. The number of pyridine rings is 1. The number of amides is 1. The predicted octanol–water partition coefficient (Wildman–Crippen LogP) is 4.88. The van der Waals surface area contributed by atoms with Crippen LogP contribution < -0.4 is 10.7 Å². The first-order chi connectivity index (χ1) is 19.4. The fourth-order valence-corrected chi connectivity index (χ4v) is 5.96. The van der Waals surface area contributed by atoms with Gasteiger partial charge in [0, 0.05) is 65.0 Å². The molecule has 1 aliphatic rings. The minimum Gasteiger partial charge on any atom is -0.379 e. The molecular weight excluding hydrogens is 569 g/mol. The number of nitrogens with zero attached hydrogens (tertiary/aromatic N) is 2. The van der Waals surface area contributed by atoms with Gasteiger partial charge in [-0.2, -0.15) is 0 Å². The topological polar surface area (TPSA) is 80.6 Å². The average Bonchev–Trinajstić information content (AvgIpc) is 2.97. The molecule has 4 aromatic rings. The summed E-state index contributed by atoms with van der Waals surface area (Å²) in [5.41, 5.74) is 2.26. The molecule has 0 saturated carbocycles. The molecular formula is C30H29Cl2N3O4S. The molecule has 1 saturated heterocycles. The van der Waals surface area contributed by atoms with Gasteiger partial charge in [0.1, 0.15) is 5.56 Å². The van der Waals surface area contributed by atoms with Crippen molar-refractivity contribution < 1.29 is 13.7 Å². The van der Waals surface area contributed by atoms with Gasteiger partial charge in [0.2, 0.25) is 5.43 Å². The van der Waals surface area contributed by atoms with E-state index in [0.29, 0.717) is 57.9 Å². The summed E-state index contributed by atoms with van der Waals surface area (Å²) in [6.45, 7) is 4.31. The maximum absolute atomic E-state index is 13.6. The molecule has 1 fully saturated rings. The van der Waals surface area contributed by atoms with Gasteiger partial charge in [0.25, 0.3) is 5.91 Å². The zero-order valence-corrected chi connectivity index (χ0v) is 24.1. The van der Waals surface area contributed by atoms with E-state index < -0.39 is 16.7 Å². The molecule has 208 valence electrons. The van der Waals surface area contributed by atoms with Crippen LogP contribution in [0.4, 0.5) is 0 Å². The maximum atomic E-state index is 13.6. The minimum atomic E-state index is -1.28. The number of nitrogens with one attached hydrogen (secondary N) is 1. The van der Waals surface area contributed by atoms with Crippen LogP contribution in [0.25, 0.3) is 10.9 Å². The molecule has 0 radical (unpaired) electrons. The molecule has 40 heavy (non-hydrogen) atoms. The number of aromatic nitrogens is 1. The van der Waals surface area contributed by atoms with Gasteiger partial charge in [-0.15, -0.1) is 0 Å². The van der Waals surface area contributed by atoms with Gasteiger partial charge in [-0.05, 0) is 59.7 Å². The quantitative estimate of drug-likeness (QED) is 0.297. The fraction of sp³-hybridized carbons (Fsp3) is 0.267. The lowest BCUT2D eigenvalue weighted by Gasteiger charge is -2.26. The van der Waals surface area contributed by atoms with Crippen LogP contribution in [-0.4, -0.2) is 51.6 Å². The van der Waals surface area contributed by atoms with Crippen molar-refractivity contribution in [1.29, 1.82) is 0 Å². The predicted molar refractivity (Wildman–Crippen MR) is 160 cm³/mol. The Kier molecular flexibility index (Phi) is 9.34.